The zero-order valence-corrected chi connectivity index (χ0v) is 12.3. The lowest BCUT2D eigenvalue weighted by atomic mass is 9.66. The van der Waals surface area contributed by atoms with Gasteiger partial charge in [0, 0.05) is 30.1 Å². The molecule has 1 aromatic rings. The van der Waals surface area contributed by atoms with Crippen LogP contribution in [0, 0.1) is 5.41 Å². The molecule has 2 heterocycles. The predicted octanol–water partition coefficient (Wildman–Crippen LogP) is 1.71. The van der Waals surface area contributed by atoms with E-state index in [1.165, 1.54) is 24.8 Å². The minimum atomic E-state index is 0.151. The Morgan fingerprint density at radius 3 is 2.95 bits per heavy atom. The SMILES string of the molecule is NC1CN(C(=O)c2cccc3c2CCOC3)CC12CCC2. The highest BCUT2D eigenvalue weighted by molar-refractivity contribution is 5.96. The van der Waals surface area contributed by atoms with Crippen LogP contribution in [0.5, 0.6) is 0 Å². The van der Waals surface area contributed by atoms with Crippen molar-refractivity contribution in [2.75, 3.05) is 19.7 Å². The van der Waals surface area contributed by atoms with Gasteiger partial charge in [0.25, 0.3) is 5.91 Å². The summed E-state index contributed by atoms with van der Waals surface area (Å²) in [7, 11) is 0. The normalized spacial score (nSPS) is 26.5. The van der Waals surface area contributed by atoms with Crippen LogP contribution in [-0.2, 0) is 17.8 Å². The van der Waals surface area contributed by atoms with E-state index in [-0.39, 0.29) is 17.4 Å². The van der Waals surface area contributed by atoms with Crippen molar-refractivity contribution in [3.8, 4) is 0 Å². The van der Waals surface area contributed by atoms with Crippen LogP contribution < -0.4 is 5.73 Å². The Hall–Kier alpha value is -1.39. The molecule has 4 nitrogen and oxygen atoms in total. The number of hydrogen-bond acceptors (Lipinski definition) is 3. The fourth-order valence-corrected chi connectivity index (χ4v) is 4.10. The van der Waals surface area contributed by atoms with Gasteiger partial charge in [0.1, 0.15) is 0 Å². The second-order valence-corrected chi connectivity index (χ2v) is 6.75. The summed E-state index contributed by atoms with van der Waals surface area (Å²) in [5.41, 5.74) is 9.72. The van der Waals surface area contributed by atoms with Crippen molar-refractivity contribution in [2.45, 2.75) is 38.3 Å². The highest BCUT2D eigenvalue weighted by Gasteiger charge is 2.50. The van der Waals surface area contributed by atoms with E-state index in [9.17, 15) is 4.79 Å². The average molecular weight is 286 g/mol. The van der Waals surface area contributed by atoms with Crippen LogP contribution in [0.3, 0.4) is 0 Å². The second-order valence-electron chi connectivity index (χ2n) is 6.75. The van der Waals surface area contributed by atoms with Gasteiger partial charge in [-0.25, -0.2) is 0 Å². The molecule has 0 bridgehead atoms. The molecule has 2 aliphatic heterocycles. The van der Waals surface area contributed by atoms with Crippen molar-refractivity contribution in [3.63, 3.8) is 0 Å². The summed E-state index contributed by atoms with van der Waals surface area (Å²) in [5.74, 6) is 0.160. The van der Waals surface area contributed by atoms with Crippen molar-refractivity contribution in [2.24, 2.45) is 11.1 Å². The van der Waals surface area contributed by atoms with Crippen molar-refractivity contribution in [1.82, 2.24) is 4.90 Å². The second kappa shape index (κ2) is 4.82. The summed E-state index contributed by atoms with van der Waals surface area (Å²) in [5, 5.41) is 0. The van der Waals surface area contributed by atoms with E-state index in [1.54, 1.807) is 0 Å². The van der Waals surface area contributed by atoms with Gasteiger partial charge in [0.05, 0.1) is 13.2 Å². The Morgan fingerprint density at radius 1 is 1.38 bits per heavy atom. The van der Waals surface area contributed by atoms with Crippen LogP contribution in [0.2, 0.25) is 0 Å². The molecule has 1 saturated heterocycles. The van der Waals surface area contributed by atoms with Gasteiger partial charge in [-0.1, -0.05) is 18.6 Å². The van der Waals surface area contributed by atoms with Gasteiger partial charge in [0.15, 0.2) is 0 Å². The number of ether oxygens (including phenoxy) is 1. The first-order valence-electron chi connectivity index (χ1n) is 7.93. The number of nitrogens with two attached hydrogens (primary N) is 1. The predicted molar refractivity (Wildman–Crippen MR) is 80.0 cm³/mol. The molecular weight excluding hydrogens is 264 g/mol. The monoisotopic (exact) mass is 286 g/mol. The van der Waals surface area contributed by atoms with Crippen LogP contribution in [0.1, 0.15) is 40.7 Å². The molecule has 2 N–H and O–H groups in total. The van der Waals surface area contributed by atoms with E-state index in [1.807, 2.05) is 17.0 Å². The maximum atomic E-state index is 12.9. The van der Waals surface area contributed by atoms with Gasteiger partial charge in [-0.3, -0.25) is 4.79 Å². The summed E-state index contributed by atoms with van der Waals surface area (Å²) in [4.78, 5) is 14.9. The molecule has 0 radical (unpaired) electrons. The molecular formula is C17H22N2O2. The fourth-order valence-electron chi connectivity index (χ4n) is 4.10. The number of fused-ring (bicyclic) bond motifs is 1. The molecule has 0 aromatic heterocycles. The van der Waals surface area contributed by atoms with E-state index in [0.29, 0.717) is 19.8 Å². The lowest BCUT2D eigenvalue weighted by Crippen LogP contribution is -2.45. The number of hydrogen-bond donors (Lipinski definition) is 1. The highest BCUT2D eigenvalue weighted by atomic mass is 16.5. The van der Waals surface area contributed by atoms with E-state index in [2.05, 4.69) is 6.07 Å². The molecule has 3 aliphatic rings. The van der Waals surface area contributed by atoms with E-state index in [4.69, 9.17) is 10.5 Å². The molecule has 1 unspecified atom stereocenters. The first-order valence-corrected chi connectivity index (χ1v) is 7.93. The first-order chi connectivity index (χ1) is 10.2. The Bertz CT molecular complexity index is 580. The summed E-state index contributed by atoms with van der Waals surface area (Å²) >= 11 is 0. The lowest BCUT2D eigenvalue weighted by molar-refractivity contribution is 0.0720. The van der Waals surface area contributed by atoms with Crippen molar-refractivity contribution in [3.05, 3.63) is 34.9 Å². The fraction of sp³-hybridized carbons (Fsp3) is 0.588. The Balaban J connectivity index is 1.61. The quantitative estimate of drug-likeness (QED) is 0.855. The number of likely N-dealkylation sites (tertiary alicyclic amines) is 1. The number of carbonyl (C=O) groups is 1. The molecule has 1 aromatic carbocycles. The highest BCUT2D eigenvalue weighted by Crippen LogP contribution is 2.47. The van der Waals surface area contributed by atoms with Crippen LogP contribution >= 0.6 is 0 Å². The van der Waals surface area contributed by atoms with Crippen LogP contribution in [0.4, 0.5) is 0 Å². The number of carbonyl (C=O) groups excluding carboxylic acids is 1. The minimum absolute atomic E-state index is 0.151. The molecule has 1 aliphatic carbocycles. The third kappa shape index (κ3) is 2.00. The molecule has 1 spiro atoms. The van der Waals surface area contributed by atoms with Gasteiger partial charge in [-0.15, -0.1) is 0 Å². The summed E-state index contributed by atoms with van der Waals surface area (Å²) in [6.07, 6.45) is 4.45. The lowest BCUT2D eigenvalue weighted by Gasteiger charge is -2.41. The summed E-state index contributed by atoms with van der Waals surface area (Å²) in [6.45, 7) is 2.88. The number of rotatable bonds is 1. The average Bonchev–Trinajstić information content (AvgIpc) is 2.84. The smallest absolute Gasteiger partial charge is 0.254 e. The standard InChI is InChI=1S/C17H22N2O2/c18-15-9-19(11-17(15)6-2-7-17)16(20)14-4-1-3-12-10-21-8-5-13(12)14/h1,3-4,15H,2,5-11,18H2. The largest absolute Gasteiger partial charge is 0.376 e. The van der Waals surface area contributed by atoms with Gasteiger partial charge < -0.3 is 15.4 Å². The molecule has 1 saturated carbocycles. The van der Waals surface area contributed by atoms with E-state index >= 15 is 0 Å². The third-order valence-electron chi connectivity index (χ3n) is 5.60. The van der Waals surface area contributed by atoms with Crippen LogP contribution in [-0.4, -0.2) is 36.5 Å². The zero-order valence-electron chi connectivity index (χ0n) is 12.3. The molecule has 4 rings (SSSR count). The molecule has 4 heteroatoms. The molecule has 1 amide bonds. The molecule has 1 atom stereocenters. The molecule has 112 valence electrons. The van der Waals surface area contributed by atoms with Crippen molar-refractivity contribution >= 4 is 5.91 Å². The third-order valence-corrected chi connectivity index (χ3v) is 5.60. The number of nitrogens with zero attached hydrogens (tertiary/aromatic N) is 1. The summed E-state index contributed by atoms with van der Waals surface area (Å²) in [6, 6.07) is 6.15. The summed E-state index contributed by atoms with van der Waals surface area (Å²) < 4.78 is 5.49. The minimum Gasteiger partial charge on any atom is -0.376 e. The zero-order chi connectivity index (χ0) is 14.4. The maximum Gasteiger partial charge on any atom is 0.254 e. The van der Waals surface area contributed by atoms with E-state index < -0.39 is 0 Å². The van der Waals surface area contributed by atoms with Crippen molar-refractivity contribution in [1.29, 1.82) is 0 Å². The number of benzene rings is 1. The van der Waals surface area contributed by atoms with Gasteiger partial charge in [0.2, 0.25) is 0 Å². The van der Waals surface area contributed by atoms with Crippen LogP contribution in [0.15, 0.2) is 18.2 Å². The first kappa shape index (κ1) is 13.3. The maximum absolute atomic E-state index is 12.9. The van der Waals surface area contributed by atoms with Gasteiger partial charge in [-0.05, 0) is 36.5 Å². The van der Waals surface area contributed by atoms with Gasteiger partial charge >= 0.3 is 0 Å². The Labute approximate surface area is 125 Å². The van der Waals surface area contributed by atoms with Gasteiger partial charge in [-0.2, -0.15) is 0 Å². The topological polar surface area (TPSA) is 55.6 Å². The van der Waals surface area contributed by atoms with E-state index in [0.717, 1.165) is 24.1 Å². The number of amides is 1. The Kier molecular flexibility index (Phi) is 3.05. The van der Waals surface area contributed by atoms with Crippen molar-refractivity contribution < 1.29 is 9.53 Å². The van der Waals surface area contributed by atoms with Crippen LogP contribution in [0.25, 0.3) is 0 Å². The molecule has 21 heavy (non-hydrogen) atoms. The Morgan fingerprint density at radius 2 is 2.24 bits per heavy atom. The molecule has 2 fully saturated rings.